The average molecular weight is 467 g/mol. The highest BCUT2D eigenvalue weighted by molar-refractivity contribution is 6.04. The maximum absolute atomic E-state index is 13.6. The number of aryl methyl sites for hydroxylation is 3. The number of amides is 2. The van der Waals surface area contributed by atoms with Crippen molar-refractivity contribution in [1.29, 1.82) is 0 Å². The van der Waals surface area contributed by atoms with Gasteiger partial charge in [-0.2, -0.15) is 5.10 Å². The maximum Gasteiger partial charge on any atom is 0.329 e. The molecule has 4 aromatic heterocycles. The number of hydrogen-bond donors (Lipinski definition) is 1. The van der Waals surface area contributed by atoms with Crippen molar-refractivity contribution in [3.63, 3.8) is 0 Å². The maximum atomic E-state index is 13.6. The van der Waals surface area contributed by atoms with E-state index in [1.54, 1.807) is 22.0 Å². The van der Waals surface area contributed by atoms with Crippen LogP contribution in [-0.4, -0.2) is 49.9 Å². The van der Waals surface area contributed by atoms with E-state index in [1.807, 2.05) is 57.4 Å². The standard InChI is InChI=1S/C26H26N8O/c1-16-12-19(7-9-27-16)22-4-5-23-25(29-22)34(20-8-11-33(23)14-20)26(35)30-24-13-18(6-10-28-24)21-15-32(3)31-17(21)2/h4-7,9-10,12-13,15,20H,8,11,14H2,1-3H3,(H,28,30,35). The summed E-state index contributed by atoms with van der Waals surface area (Å²) in [6, 6.07) is 11.7. The summed E-state index contributed by atoms with van der Waals surface area (Å²) in [4.78, 5) is 31.4. The number of nitrogens with zero attached hydrogens (tertiary/aromatic N) is 7. The summed E-state index contributed by atoms with van der Waals surface area (Å²) < 4.78 is 1.79. The van der Waals surface area contributed by atoms with Crippen molar-refractivity contribution in [1.82, 2.24) is 24.7 Å². The number of aromatic nitrogens is 5. The summed E-state index contributed by atoms with van der Waals surface area (Å²) in [5.41, 5.74) is 6.61. The minimum Gasteiger partial charge on any atom is -0.366 e. The smallest absolute Gasteiger partial charge is 0.329 e. The number of carbonyl (C=O) groups is 1. The fraction of sp³-hybridized carbons (Fsp3) is 0.269. The van der Waals surface area contributed by atoms with Crippen molar-refractivity contribution in [2.24, 2.45) is 7.05 Å². The van der Waals surface area contributed by atoms with Crippen LogP contribution in [0.1, 0.15) is 17.8 Å². The van der Waals surface area contributed by atoms with E-state index in [4.69, 9.17) is 4.98 Å². The first-order valence-electron chi connectivity index (χ1n) is 11.7. The van der Waals surface area contributed by atoms with Crippen molar-refractivity contribution in [3.05, 3.63) is 66.4 Å². The number of urea groups is 1. The first-order chi connectivity index (χ1) is 17.0. The zero-order valence-electron chi connectivity index (χ0n) is 19.9. The second kappa shape index (κ2) is 8.19. The summed E-state index contributed by atoms with van der Waals surface area (Å²) >= 11 is 0. The molecule has 0 radical (unpaired) electrons. The third-order valence-corrected chi connectivity index (χ3v) is 6.68. The van der Waals surface area contributed by atoms with Gasteiger partial charge < -0.3 is 4.90 Å². The number of hydrogen-bond acceptors (Lipinski definition) is 6. The molecule has 6 heterocycles. The van der Waals surface area contributed by atoms with Crippen LogP contribution >= 0.6 is 0 Å². The molecular weight excluding hydrogens is 440 g/mol. The highest BCUT2D eigenvalue weighted by atomic mass is 16.2. The zero-order valence-corrected chi connectivity index (χ0v) is 19.9. The van der Waals surface area contributed by atoms with E-state index in [2.05, 4.69) is 31.3 Å². The second-order valence-electron chi connectivity index (χ2n) is 9.15. The van der Waals surface area contributed by atoms with Crippen LogP contribution in [0.25, 0.3) is 22.4 Å². The summed E-state index contributed by atoms with van der Waals surface area (Å²) in [5.74, 6) is 1.18. The van der Waals surface area contributed by atoms with Crippen LogP contribution < -0.4 is 15.1 Å². The highest BCUT2D eigenvalue weighted by Crippen LogP contribution is 2.40. The lowest BCUT2D eigenvalue weighted by molar-refractivity contribution is 0.254. The Hall–Kier alpha value is -4.27. The van der Waals surface area contributed by atoms with Crippen LogP contribution in [0.3, 0.4) is 0 Å². The lowest BCUT2D eigenvalue weighted by Crippen LogP contribution is -2.48. The number of pyridine rings is 3. The molecule has 1 atom stereocenters. The number of fused-ring (bicyclic) bond motifs is 4. The Kier molecular flexibility index (Phi) is 4.98. The quantitative estimate of drug-likeness (QED) is 0.487. The number of anilines is 3. The van der Waals surface area contributed by atoms with E-state index in [0.717, 1.165) is 59.0 Å². The Morgan fingerprint density at radius 3 is 2.69 bits per heavy atom. The minimum absolute atomic E-state index is 0.0631. The summed E-state index contributed by atoms with van der Waals surface area (Å²) in [7, 11) is 1.90. The molecule has 1 N–H and O–H groups in total. The van der Waals surface area contributed by atoms with Gasteiger partial charge in [0.2, 0.25) is 0 Å². The summed E-state index contributed by atoms with van der Waals surface area (Å²) in [6.45, 7) is 5.64. The first-order valence-corrected chi connectivity index (χ1v) is 11.7. The Bertz CT molecular complexity index is 1450. The molecular formula is C26H26N8O. The number of carbonyl (C=O) groups excluding carboxylic acids is 1. The van der Waals surface area contributed by atoms with Gasteiger partial charge in [-0.15, -0.1) is 0 Å². The van der Waals surface area contributed by atoms with Crippen LogP contribution in [-0.2, 0) is 7.05 Å². The Labute approximate surface area is 203 Å². The fourth-order valence-electron chi connectivity index (χ4n) is 5.06. The molecule has 1 saturated heterocycles. The lowest BCUT2D eigenvalue weighted by atomic mass is 10.1. The van der Waals surface area contributed by atoms with Crippen LogP contribution in [0.15, 0.2) is 55.0 Å². The van der Waals surface area contributed by atoms with E-state index in [1.165, 1.54) is 0 Å². The van der Waals surface area contributed by atoms with Gasteiger partial charge in [0.15, 0.2) is 5.82 Å². The van der Waals surface area contributed by atoms with Crippen molar-refractivity contribution in [2.75, 3.05) is 28.2 Å². The molecule has 2 bridgehead atoms. The fourth-order valence-corrected chi connectivity index (χ4v) is 5.06. The van der Waals surface area contributed by atoms with Crippen molar-refractivity contribution in [3.8, 4) is 22.4 Å². The topological polar surface area (TPSA) is 92.1 Å². The summed E-state index contributed by atoms with van der Waals surface area (Å²) in [6.07, 6.45) is 6.36. The molecule has 176 valence electrons. The van der Waals surface area contributed by atoms with E-state index >= 15 is 0 Å². The van der Waals surface area contributed by atoms with E-state index in [-0.39, 0.29) is 12.1 Å². The van der Waals surface area contributed by atoms with Crippen LogP contribution in [0, 0.1) is 13.8 Å². The van der Waals surface area contributed by atoms with Gasteiger partial charge in [-0.05, 0) is 62.2 Å². The van der Waals surface area contributed by atoms with Crippen molar-refractivity contribution >= 4 is 23.4 Å². The minimum atomic E-state index is -0.221. The molecule has 4 aromatic rings. The average Bonchev–Trinajstić information content (AvgIpc) is 3.42. The van der Waals surface area contributed by atoms with Gasteiger partial charge in [0, 0.05) is 55.5 Å². The molecule has 0 aromatic carbocycles. The number of rotatable bonds is 3. The molecule has 1 unspecified atom stereocenters. The predicted octanol–water partition coefficient (Wildman–Crippen LogP) is 4.19. The molecule has 2 aliphatic rings. The molecule has 2 aliphatic heterocycles. The van der Waals surface area contributed by atoms with E-state index in [0.29, 0.717) is 11.6 Å². The normalized spacial score (nSPS) is 16.4. The second-order valence-corrected chi connectivity index (χ2v) is 9.15. The van der Waals surface area contributed by atoms with Crippen molar-refractivity contribution in [2.45, 2.75) is 26.3 Å². The van der Waals surface area contributed by atoms with Gasteiger partial charge in [-0.1, -0.05) is 0 Å². The third kappa shape index (κ3) is 3.78. The van der Waals surface area contributed by atoms with Gasteiger partial charge in [0.1, 0.15) is 5.82 Å². The van der Waals surface area contributed by atoms with Gasteiger partial charge in [0.05, 0.1) is 23.1 Å². The zero-order chi connectivity index (χ0) is 24.1. The largest absolute Gasteiger partial charge is 0.366 e. The molecule has 35 heavy (non-hydrogen) atoms. The SMILES string of the molecule is Cc1cc(-c2ccc3c(n2)N(C(=O)Nc2cc(-c4cn(C)nc4C)ccn2)C2CCN3C2)ccn1. The Morgan fingerprint density at radius 1 is 1.06 bits per heavy atom. The monoisotopic (exact) mass is 466 g/mol. The molecule has 0 saturated carbocycles. The summed E-state index contributed by atoms with van der Waals surface area (Å²) in [5, 5.41) is 7.44. The molecule has 0 aliphatic carbocycles. The molecule has 6 rings (SSSR count). The Balaban J connectivity index is 1.34. The van der Waals surface area contributed by atoms with Crippen LogP contribution in [0.4, 0.5) is 22.1 Å². The van der Waals surface area contributed by atoms with Gasteiger partial charge in [-0.3, -0.25) is 19.9 Å². The van der Waals surface area contributed by atoms with Gasteiger partial charge >= 0.3 is 6.03 Å². The third-order valence-electron chi connectivity index (χ3n) is 6.68. The predicted molar refractivity (Wildman–Crippen MR) is 135 cm³/mol. The molecule has 1 fully saturated rings. The molecule has 0 spiro atoms. The van der Waals surface area contributed by atoms with Gasteiger partial charge in [-0.25, -0.2) is 14.8 Å². The Morgan fingerprint density at radius 2 is 1.89 bits per heavy atom. The molecule has 9 nitrogen and oxygen atoms in total. The van der Waals surface area contributed by atoms with Crippen LogP contribution in [0.5, 0.6) is 0 Å². The van der Waals surface area contributed by atoms with E-state index in [9.17, 15) is 4.79 Å². The van der Waals surface area contributed by atoms with Crippen molar-refractivity contribution < 1.29 is 4.79 Å². The molecule has 9 heteroatoms. The lowest BCUT2D eigenvalue weighted by Gasteiger charge is -2.35. The van der Waals surface area contributed by atoms with Gasteiger partial charge in [0.25, 0.3) is 0 Å². The van der Waals surface area contributed by atoms with E-state index < -0.39 is 0 Å². The van der Waals surface area contributed by atoms with Crippen LogP contribution in [0.2, 0.25) is 0 Å². The molecule has 2 amide bonds. The highest BCUT2D eigenvalue weighted by Gasteiger charge is 2.40. The number of nitrogens with one attached hydrogen (secondary N) is 1. The first kappa shape index (κ1) is 21.3.